The molecule has 0 radical (unpaired) electrons. The lowest BCUT2D eigenvalue weighted by Crippen LogP contribution is -2.15. The van der Waals surface area contributed by atoms with Crippen molar-refractivity contribution in [2.24, 2.45) is 0 Å². The molecule has 0 spiro atoms. The second-order valence-electron chi connectivity index (χ2n) is 10.2. The molecule has 208 valence electrons. The maximum absolute atomic E-state index is 12.8. The highest BCUT2D eigenvalue weighted by molar-refractivity contribution is 8.02. The summed E-state index contributed by atoms with van der Waals surface area (Å²) in [6.45, 7) is 3.80. The van der Waals surface area contributed by atoms with Crippen LogP contribution in [-0.4, -0.2) is 23.3 Å². The molecule has 0 saturated heterocycles. The van der Waals surface area contributed by atoms with Crippen molar-refractivity contribution >= 4 is 35.0 Å². The summed E-state index contributed by atoms with van der Waals surface area (Å²) < 4.78 is 6.06. The van der Waals surface area contributed by atoms with Crippen LogP contribution in [0.1, 0.15) is 95.1 Å². The first kappa shape index (κ1) is 30.4. The molecule has 0 aromatic heterocycles. The van der Waals surface area contributed by atoms with E-state index in [1.807, 2.05) is 30.3 Å². The van der Waals surface area contributed by atoms with Gasteiger partial charge in [0.15, 0.2) is 0 Å². The van der Waals surface area contributed by atoms with Gasteiger partial charge in [-0.25, -0.2) is 0 Å². The van der Waals surface area contributed by atoms with Gasteiger partial charge in [-0.3, -0.25) is 4.79 Å². The minimum atomic E-state index is -0.0610. The summed E-state index contributed by atoms with van der Waals surface area (Å²) in [6, 6.07) is 13.6. The fourth-order valence-electron chi connectivity index (χ4n) is 4.65. The number of ether oxygens (including phenoxy) is 1. The number of amides is 1. The first-order valence-electron chi connectivity index (χ1n) is 14.5. The van der Waals surface area contributed by atoms with Gasteiger partial charge in [-0.05, 0) is 41.7 Å². The van der Waals surface area contributed by atoms with E-state index in [9.17, 15) is 4.79 Å². The molecule has 4 nitrogen and oxygen atoms in total. The van der Waals surface area contributed by atoms with Crippen molar-refractivity contribution in [1.29, 1.82) is 0 Å². The number of rotatable bonds is 19. The van der Waals surface area contributed by atoms with E-state index < -0.39 is 0 Å². The summed E-state index contributed by atoms with van der Waals surface area (Å²) in [7, 11) is 0. The second-order valence-corrected chi connectivity index (χ2v) is 11.5. The fourth-order valence-corrected chi connectivity index (χ4v) is 5.52. The van der Waals surface area contributed by atoms with Crippen LogP contribution in [0.15, 0.2) is 54.1 Å². The minimum Gasteiger partial charge on any atom is -0.493 e. The fraction of sp³-hybridized carbons (Fsp3) is 0.531. The van der Waals surface area contributed by atoms with Crippen LogP contribution in [0.25, 0.3) is 0 Å². The Morgan fingerprint density at radius 3 is 2.21 bits per heavy atom. The third-order valence-electron chi connectivity index (χ3n) is 6.87. The van der Waals surface area contributed by atoms with Crippen LogP contribution in [0.4, 0.5) is 5.69 Å². The third-order valence-corrected chi connectivity index (χ3v) is 7.90. The third kappa shape index (κ3) is 12.2. The molecule has 0 atom stereocenters. The summed E-state index contributed by atoms with van der Waals surface area (Å²) in [6.07, 6.45) is 18.2. The van der Waals surface area contributed by atoms with E-state index in [4.69, 9.17) is 16.3 Å². The Labute approximate surface area is 239 Å². The van der Waals surface area contributed by atoms with Crippen LogP contribution in [-0.2, 0) is 17.8 Å². The SMILES string of the molecule is CCCCCCCCCCCCCCOc1cc(Cl)ccc1CC(=O)Nc1ccc(CN2C=CSC2)cc1. The number of carbonyl (C=O) groups is 1. The monoisotopic (exact) mass is 556 g/mol. The zero-order valence-electron chi connectivity index (χ0n) is 23.1. The Kier molecular flexibility index (Phi) is 14.6. The Balaban J connectivity index is 1.32. The number of hydrogen-bond donors (Lipinski definition) is 1. The molecule has 1 heterocycles. The van der Waals surface area contributed by atoms with Gasteiger partial charge in [0, 0.05) is 29.0 Å². The summed E-state index contributed by atoms with van der Waals surface area (Å²) in [4.78, 5) is 15.0. The normalized spacial score (nSPS) is 12.7. The molecule has 1 aliphatic rings. The van der Waals surface area contributed by atoms with Crippen molar-refractivity contribution in [3.05, 3.63) is 70.2 Å². The molecule has 2 aromatic carbocycles. The van der Waals surface area contributed by atoms with Crippen LogP contribution in [0, 0.1) is 0 Å². The van der Waals surface area contributed by atoms with Gasteiger partial charge in [0.25, 0.3) is 0 Å². The van der Waals surface area contributed by atoms with Crippen LogP contribution in [0.5, 0.6) is 5.75 Å². The molecule has 3 rings (SSSR count). The second kappa shape index (κ2) is 18.2. The number of thioether (sulfide) groups is 1. The van der Waals surface area contributed by atoms with E-state index >= 15 is 0 Å². The maximum Gasteiger partial charge on any atom is 0.228 e. The van der Waals surface area contributed by atoms with Crippen molar-refractivity contribution in [2.75, 3.05) is 17.8 Å². The van der Waals surface area contributed by atoms with E-state index in [2.05, 4.69) is 40.9 Å². The molecule has 38 heavy (non-hydrogen) atoms. The van der Waals surface area contributed by atoms with Gasteiger partial charge >= 0.3 is 0 Å². The van der Waals surface area contributed by atoms with E-state index in [1.54, 1.807) is 11.8 Å². The number of unbranched alkanes of at least 4 members (excludes halogenated alkanes) is 11. The molecule has 0 fully saturated rings. The average Bonchev–Trinajstić information content (AvgIpc) is 3.42. The Morgan fingerprint density at radius 1 is 0.921 bits per heavy atom. The maximum atomic E-state index is 12.8. The highest BCUT2D eigenvalue weighted by Crippen LogP contribution is 2.25. The van der Waals surface area contributed by atoms with Gasteiger partial charge in [-0.1, -0.05) is 107 Å². The summed E-state index contributed by atoms with van der Waals surface area (Å²) >= 11 is 8.03. The lowest BCUT2D eigenvalue weighted by atomic mass is 10.1. The number of anilines is 1. The van der Waals surface area contributed by atoms with E-state index in [0.29, 0.717) is 17.4 Å². The summed E-state index contributed by atoms with van der Waals surface area (Å²) in [5.74, 6) is 1.64. The molecular formula is C32H45ClN2O2S. The lowest BCUT2D eigenvalue weighted by Gasteiger charge is -2.15. The zero-order valence-corrected chi connectivity index (χ0v) is 24.6. The number of hydrogen-bond acceptors (Lipinski definition) is 4. The molecule has 0 bridgehead atoms. The van der Waals surface area contributed by atoms with Crippen molar-refractivity contribution in [1.82, 2.24) is 4.90 Å². The smallest absolute Gasteiger partial charge is 0.228 e. The van der Waals surface area contributed by atoms with Crippen molar-refractivity contribution in [3.8, 4) is 5.75 Å². The van der Waals surface area contributed by atoms with Gasteiger partial charge in [-0.2, -0.15) is 0 Å². The van der Waals surface area contributed by atoms with Gasteiger partial charge in [0.2, 0.25) is 5.91 Å². The van der Waals surface area contributed by atoms with Crippen molar-refractivity contribution in [3.63, 3.8) is 0 Å². The minimum absolute atomic E-state index is 0.0610. The van der Waals surface area contributed by atoms with Crippen molar-refractivity contribution in [2.45, 2.75) is 96.9 Å². The van der Waals surface area contributed by atoms with E-state index in [0.717, 1.165) is 30.1 Å². The topological polar surface area (TPSA) is 41.6 Å². The highest BCUT2D eigenvalue weighted by Gasteiger charge is 2.11. The Bertz CT molecular complexity index is 980. The molecule has 0 unspecified atom stereocenters. The van der Waals surface area contributed by atoms with Gasteiger partial charge < -0.3 is 15.0 Å². The first-order valence-corrected chi connectivity index (χ1v) is 15.9. The lowest BCUT2D eigenvalue weighted by molar-refractivity contribution is -0.115. The van der Waals surface area contributed by atoms with Gasteiger partial charge in [-0.15, -0.1) is 11.8 Å². The summed E-state index contributed by atoms with van der Waals surface area (Å²) in [5.41, 5.74) is 2.89. The predicted molar refractivity (Wildman–Crippen MR) is 164 cm³/mol. The van der Waals surface area contributed by atoms with Crippen molar-refractivity contribution < 1.29 is 9.53 Å². The Hall–Kier alpha value is -2.11. The standard InChI is InChI=1S/C32H45ClN2O2S/c1-2-3-4-5-6-7-8-9-10-11-12-13-21-37-31-24-29(33)17-16-28(31)23-32(36)34-30-18-14-27(15-19-30)25-35-20-22-38-26-35/h14-20,22,24H,2-13,21,23,25-26H2,1H3,(H,34,36). The quantitative estimate of drug-likeness (QED) is 0.175. The summed E-state index contributed by atoms with van der Waals surface area (Å²) in [5, 5.41) is 5.75. The molecule has 6 heteroatoms. The van der Waals surface area contributed by atoms with Crippen LogP contribution >= 0.6 is 23.4 Å². The molecule has 0 aliphatic carbocycles. The van der Waals surface area contributed by atoms with E-state index in [-0.39, 0.29) is 12.3 Å². The molecule has 0 saturated carbocycles. The van der Waals surface area contributed by atoms with Gasteiger partial charge in [0.05, 0.1) is 18.9 Å². The molecule has 2 aromatic rings. The van der Waals surface area contributed by atoms with Crippen LogP contribution < -0.4 is 10.1 Å². The molecular weight excluding hydrogens is 512 g/mol. The molecule has 1 aliphatic heterocycles. The van der Waals surface area contributed by atoms with Crippen LogP contribution in [0.2, 0.25) is 5.02 Å². The first-order chi connectivity index (χ1) is 18.6. The van der Waals surface area contributed by atoms with E-state index in [1.165, 1.54) is 76.2 Å². The number of halogens is 1. The number of nitrogens with zero attached hydrogens (tertiary/aromatic N) is 1. The number of carbonyl (C=O) groups excluding carboxylic acids is 1. The largest absolute Gasteiger partial charge is 0.493 e. The van der Waals surface area contributed by atoms with Gasteiger partial charge in [0.1, 0.15) is 5.75 Å². The highest BCUT2D eigenvalue weighted by atomic mass is 35.5. The Morgan fingerprint density at radius 2 is 1.58 bits per heavy atom. The zero-order chi connectivity index (χ0) is 26.8. The predicted octanol–water partition coefficient (Wildman–Crippen LogP) is 9.58. The van der Waals surface area contributed by atoms with Crippen LogP contribution in [0.3, 0.4) is 0 Å². The number of nitrogens with one attached hydrogen (secondary N) is 1. The molecule has 1 N–H and O–H groups in total. The molecule has 1 amide bonds. The number of benzene rings is 2. The average molecular weight is 557 g/mol.